The van der Waals surface area contributed by atoms with Gasteiger partial charge in [0.15, 0.2) is 5.96 Å². The Morgan fingerprint density at radius 2 is 2.00 bits per heavy atom. The van der Waals surface area contributed by atoms with Gasteiger partial charge < -0.3 is 20.3 Å². The number of hydrogen-bond acceptors (Lipinski definition) is 3. The maximum atomic E-state index is 12.0. The molecule has 1 aliphatic rings. The van der Waals surface area contributed by atoms with E-state index in [1.807, 2.05) is 27.7 Å². The van der Waals surface area contributed by atoms with E-state index in [0.29, 0.717) is 12.6 Å². The Balaban J connectivity index is 0.00000484. The average Bonchev–Trinajstić information content (AvgIpc) is 3.19. The van der Waals surface area contributed by atoms with Gasteiger partial charge in [0.05, 0.1) is 0 Å². The van der Waals surface area contributed by atoms with Crippen LogP contribution in [0.15, 0.2) is 4.99 Å². The standard InChI is InChI=1S/C16H32N4O2.HI/c1-7-17-14(19-13-8-9-13)18-11-10-12(2)20(6)15(21)22-16(3,4)5;/h12-13H,7-11H2,1-6H3,(H2,17,18,19);1H. The number of hydrogen-bond donors (Lipinski definition) is 2. The Bertz CT molecular complexity index is 392. The molecule has 0 heterocycles. The van der Waals surface area contributed by atoms with E-state index in [1.54, 1.807) is 11.9 Å². The minimum atomic E-state index is -0.463. The van der Waals surface area contributed by atoms with Crippen LogP contribution in [0.2, 0.25) is 0 Å². The van der Waals surface area contributed by atoms with Crippen molar-refractivity contribution in [3.8, 4) is 0 Å². The zero-order chi connectivity index (χ0) is 16.8. The van der Waals surface area contributed by atoms with Crippen LogP contribution in [-0.4, -0.2) is 54.8 Å². The highest BCUT2D eigenvalue weighted by Crippen LogP contribution is 2.18. The summed E-state index contributed by atoms with van der Waals surface area (Å²) in [4.78, 5) is 18.2. The molecule has 1 aliphatic carbocycles. The van der Waals surface area contributed by atoms with Crippen molar-refractivity contribution in [3.63, 3.8) is 0 Å². The third-order valence-electron chi connectivity index (χ3n) is 3.42. The highest BCUT2D eigenvalue weighted by Gasteiger charge is 2.23. The summed E-state index contributed by atoms with van der Waals surface area (Å²) in [5.74, 6) is 0.872. The fourth-order valence-corrected chi connectivity index (χ4v) is 1.81. The van der Waals surface area contributed by atoms with Crippen LogP contribution in [0, 0.1) is 0 Å². The van der Waals surface area contributed by atoms with Crippen molar-refractivity contribution in [2.45, 2.75) is 71.6 Å². The second-order valence-electron chi connectivity index (χ2n) is 6.91. The number of rotatable bonds is 6. The van der Waals surface area contributed by atoms with Crippen molar-refractivity contribution in [1.29, 1.82) is 0 Å². The molecule has 0 bridgehead atoms. The lowest BCUT2D eigenvalue weighted by Crippen LogP contribution is -2.40. The van der Waals surface area contributed by atoms with Crippen molar-refractivity contribution >= 4 is 36.0 Å². The van der Waals surface area contributed by atoms with Gasteiger partial charge in [-0.25, -0.2) is 4.79 Å². The third kappa shape index (κ3) is 9.88. The molecular formula is C16H33IN4O2. The molecule has 0 aliphatic heterocycles. The quantitative estimate of drug-likeness (QED) is 0.379. The van der Waals surface area contributed by atoms with Crippen LogP contribution in [0.3, 0.4) is 0 Å². The molecule has 7 heteroatoms. The normalized spacial score (nSPS) is 16.2. The fraction of sp³-hybridized carbons (Fsp3) is 0.875. The maximum Gasteiger partial charge on any atom is 0.410 e. The van der Waals surface area contributed by atoms with Crippen LogP contribution < -0.4 is 10.6 Å². The highest BCUT2D eigenvalue weighted by molar-refractivity contribution is 14.0. The lowest BCUT2D eigenvalue weighted by atomic mass is 10.2. The Morgan fingerprint density at radius 1 is 1.39 bits per heavy atom. The predicted molar refractivity (Wildman–Crippen MR) is 106 cm³/mol. The smallest absolute Gasteiger partial charge is 0.410 e. The first kappa shape index (κ1) is 22.3. The Morgan fingerprint density at radius 3 is 2.48 bits per heavy atom. The molecule has 0 aromatic heterocycles. The second-order valence-corrected chi connectivity index (χ2v) is 6.91. The van der Waals surface area contributed by atoms with E-state index in [1.165, 1.54) is 12.8 Å². The molecule has 136 valence electrons. The van der Waals surface area contributed by atoms with E-state index in [2.05, 4.69) is 22.5 Å². The van der Waals surface area contributed by atoms with Gasteiger partial charge in [0.1, 0.15) is 5.60 Å². The van der Waals surface area contributed by atoms with E-state index in [4.69, 9.17) is 4.74 Å². The summed E-state index contributed by atoms with van der Waals surface area (Å²) in [7, 11) is 1.77. The van der Waals surface area contributed by atoms with Gasteiger partial charge in [0, 0.05) is 32.2 Å². The molecular weight excluding hydrogens is 407 g/mol. The zero-order valence-electron chi connectivity index (χ0n) is 15.3. The molecule has 1 unspecified atom stereocenters. The fourth-order valence-electron chi connectivity index (χ4n) is 1.81. The summed E-state index contributed by atoms with van der Waals surface area (Å²) in [6, 6.07) is 0.669. The van der Waals surface area contributed by atoms with E-state index in [-0.39, 0.29) is 36.1 Å². The topological polar surface area (TPSA) is 66.0 Å². The van der Waals surface area contributed by atoms with Crippen LogP contribution in [0.4, 0.5) is 4.79 Å². The summed E-state index contributed by atoms with van der Waals surface area (Å²) in [6.07, 6.45) is 2.97. The number of aliphatic imine (C=N–C) groups is 1. The summed E-state index contributed by atoms with van der Waals surface area (Å²) in [6.45, 7) is 11.2. The van der Waals surface area contributed by atoms with Gasteiger partial charge in [0.2, 0.25) is 0 Å². The van der Waals surface area contributed by atoms with Crippen LogP contribution >= 0.6 is 24.0 Å². The Kier molecular flexibility index (Phi) is 9.88. The molecule has 23 heavy (non-hydrogen) atoms. The van der Waals surface area contributed by atoms with E-state index >= 15 is 0 Å². The molecule has 0 spiro atoms. The lowest BCUT2D eigenvalue weighted by Gasteiger charge is -2.28. The first-order valence-electron chi connectivity index (χ1n) is 8.23. The van der Waals surface area contributed by atoms with Gasteiger partial charge >= 0.3 is 6.09 Å². The summed E-state index contributed by atoms with van der Waals surface area (Å²) < 4.78 is 5.37. The van der Waals surface area contributed by atoms with Crippen molar-refractivity contribution < 1.29 is 9.53 Å². The molecule has 6 nitrogen and oxygen atoms in total. The Labute approximate surface area is 157 Å². The SMILES string of the molecule is CCNC(=NCCC(C)N(C)C(=O)OC(C)(C)C)NC1CC1.I. The first-order valence-corrected chi connectivity index (χ1v) is 8.23. The van der Waals surface area contributed by atoms with E-state index in [0.717, 1.165) is 18.9 Å². The number of guanidine groups is 1. The molecule has 0 saturated heterocycles. The highest BCUT2D eigenvalue weighted by atomic mass is 127. The van der Waals surface area contributed by atoms with Gasteiger partial charge in [-0.2, -0.15) is 0 Å². The monoisotopic (exact) mass is 440 g/mol. The van der Waals surface area contributed by atoms with E-state index < -0.39 is 5.60 Å². The number of carbonyl (C=O) groups is 1. The molecule has 0 radical (unpaired) electrons. The van der Waals surface area contributed by atoms with Gasteiger partial charge in [-0.1, -0.05) is 0 Å². The summed E-state index contributed by atoms with van der Waals surface area (Å²) in [5, 5.41) is 6.63. The minimum absolute atomic E-state index is 0. The van der Waals surface area contributed by atoms with Crippen LogP contribution in [0.25, 0.3) is 0 Å². The molecule has 1 rings (SSSR count). The average molecular weight is 440 g/mol. The van der Waals surface area contributed by atoms with Crippen molar-refractivity contribution in [3.05, 3.63) is 0 Å². The second kappa shape index (κ2) is 10.2. The van der Waals surface area contributed by atoms with Gasteiger partial charge in [-0.3, -0.25) is 4.99 Å². The van der Waals surface area contributed by atoms with Gasteiger partial charge in [-0.05, 0) is 53.9 Å². The summed E-state index contributed by atoms with van der Waals surface area (Å²) in [5.41, 5.74) is -0.463. The van der Waals surface area contributed by atoms with Gasteiger partial charge in [-0.15, -0.1) is 24.0 Å². The molecule has 1 amide bonds. The third-order valence-corrected chi connectivity index (χ3v) is 3.42. The zero-order valence-corrected chi connectivity index (χ0v) is 17.6. The van der Waals surface area contributed by atoms with Crippen LogP contribution in [-0.2, 0) is 4.74 Å². The summed E-state index contributed by atoms with van der Waals surface area (Å²) >= 11 is 0. The molecule has 1 fully saturated rings. The van der Waals surface area contributed by atoms with Crippen molar-refractivity contribution in [2.24, 2.45) is 4.99 Å². The molecule has 0 aromatic carbocycles. The number of amides is 1. The number of nitrogens with zero attached hydrogens (tertiary/aromatic N) is 2. The number of ether oxygens (including phenoxy) is 1. The lowest BCUT2D eigenvalue weighted by molar-refractivity contribution is 0.0231. The largest absolute Gasteiger partial charge is 0.444 e. The number of nitrogens with one attached hydrogen (secondary N) is 2. The van der Waals surface area contributed by atoms with Crippen LogP contribution in [0.1, 0.15) is 53.9 Å². The Hall–Kier alpha value is -0.730. The van der Waals surface area contributed by atoms with E-state index in [9.17, 15) is 4.79 Å². The van der Waals surface area contributed by atoms with Crippen molar-refractivity contribution in [1.82, 2.24) is 15.5 Å². The number of halogens is 1. The molecule has 0 aromatic rings. The van der Waals surface area contributed by atoms with Gasteiger partial charge in [0.25, 0.3) is 0 Å². The number of carbonyl (C=O) groups excluding carboxylic acids is 1. The maximum absolute atomic E-state index is 12.0. The molecule has 1 atom stereocenters. The van der Waals surface area contributed by atoms with Crippen LogP contribution in [0.5, 0.6) is 0 Å². The minimum Gasteiger partial charge on any atom is -0.444 e. The van der Waals surface area contributed by atoms with Crippen molar-refractivity contribution in [2.75, 3.05) is 20.1 Å². The molecule has 2 N–H and O–H groups in total. The first-order chi connectivity index (χ1) is 10.2. The molecule has 1 saturated carbocycles. The predicted octanol–water partition coefficient (Wildman–Crippen LogP) is 2.97.